The number of hydrogen-bond acceptors (Lipinski definition) is 3. The first-order chi connectivity index (χ1) is 11.1. The number of thioether (sulfide) groups is 1. The Bertz CT molecular complexity index is 734. The molecule has 0 bridgehead atoms. The van der Waals surface area contributed by atoms with Gasteiger partial charge in [-0.3, -0.25) is 0 Å². The van der Waals surface area contributed by atoms with E-state index in [2.05, 4.69) is 49.4 Å². The Labute approximate surface area is 142 Å². The van der Waals surface area contributed by atoms with E-state index in [-0.39, 0.29) is 10.8 Å². The van der Waals surface area contributed by atoms with Crippen molar-refractivity contribution in [2.45, 2.75) is 35.5 Å². The average molecular weight is 326 g/mol. The Hall–Kier alpha value is -1.61. The van der Waals surface area contributed by atoms with Crippen LogP contribution in [0.3, 0.4) is 0 Å². The third kappa shape index (κ3) is 2.09. The zero-order valence-electron chi connectivity index (χ0n) is 13.9. The van der Waals surface area contributed by atoms with Crippen molar-refractivity contribution in [3.05, 3.63) is 53.6 Å². The molecule has 120 valence electrons. The van der Waals surface area contributed by atoms with Crippen LogP contribution >= 0.6 is 11.8 Å². The van der Waals surface area contributed by atoms with E-state index in [0.717, 1.165) is 17.3 Å². The summed E-state index contributed by atoms with van der Waals surface area (Å²) in [7, 11) is 3.46. The Morgan fingerprint density at radius 3 is 2.17 bits per heavy atom. The molecule has 0 N–H and O–H groups in total. The summed E-state index contributed by atoms with van der Waals surface area (Å²) >= 11 is 1.96. The highest BCUT2D eigenvalue weighted by Crippen LogP contribution is 2.66. The number of fused-ring (bicyclic) bond motifs is 2. The van der Waals surface area contributed by atoms with Gasteiger partial charge < -0.3 is 9.47 Å². The SMILES string of the molecule is COc1ccc([C@@]2(C)CSc3cc(OC)ccc3C23CC3)cc1. The zero-order chi connectivity index (χ0) is 16.1. The van der Waals surface area contributed by atoms with Gasteiger partial charge in [0.15, 0.2) is 0 Å². The Morgan fingerprint density at radius 2 is 1.57 bits per heavy atom. The zero-order valence-corrected chi connectivity index (χ0v) is 14.7. The second-order valence-corrected chi connectivity index (χ2v) is 7.81. The van der Waals surface area contributed by atoms with Crippen molar-refractivity contribution in [3.63, 3.8) is 0 Å². The molecule has 23 heavy (non-hydrogen) atoms. The molecule has 2 aliphatic rings. The summed E-state index contributed by atoms with van der Waals surface area (Å²) in [6.07, 6.45) is 2.55. The van der Waals surface area contributed by atoms with Crippen LogP contribution in [-0.2, 0) is 10.8 Å². The van der Waals surface area contributed by atoms with Gasteiger partial charge in [-0.15, -0.1) is 11.8 Å². The molecule has 2 nitrogen and oxygen atoms in total. The molecule has 1 aliphatic carbocycles. The maximum atomic E-state index is 5.40. The van der Waals surface area contributed by atoms with E-state index in [4.69, 9.17) is 9.47 Å². The van der Waals surface area contributed by atoms with Crippen molar-refractivity contribution in [2.75, 3.05) is 20.0 Å². The second-order valence-electron chi connectivity index (χ2n) is 6.79. The van der Waals surface area contributed by atoms with E-state index < -0.39 is 0 Å². The van der Waals surface area contributed by atoms with E-state index in [1.54, 1.807) is 14.2 Å². The molecule has 1 heterocycles. The van der Waals surface area contributed by atoms with Crippen molar-refractivity contribution in [3.8, 4) is 11.5 Å². The van der Waals surface area contributed by atoms with Crippen LogP contribution in [0.25, 0.3) is 0 Å². The highest BCUT2D eigenvalue weighted by atomic mass is 32.2. The topological polar surface area (TPSA) is 18.5 Å². The number of ether oxygens (including phenoxy) is 2. The molecule has 0 amide bonds. The largest absolute Gasteiger partial charge is 0.497 e. The molecule has 2 aromatic carbocycles. The molecular weight excluding hydrogens is 304 g/mol. The minimum Gasteiger partial charge on any atom is -0.497 e. The first-order valence-corrected chi connectivity index (χ1v) is 9.07. The van der Waals surface area contributed by atoms with Gasteiger partial charge in [-0.05, 0) is 48.2 Å². The molecular formula is C20H22O2S. The van der Waals surface area contributed by atoms with Crippen LogP contribution in [0.4, 0.5) is 0 Å². The van der Waals surface area contributed by atoms with E-state index in [0.29, 0.717) is 0 Å². The third-order valence-electron chi connectivity index (χ3n) is 5.75. The highest BCUT2D eigenvalue weighted by molar-refractivity contribution is 7.99. The summed E-state index contributed by atoms with van der Waals surface area (Å²) in [5, 5.41) is 0. The molecule has 1 atom stereocenters. The molecule has 1 spiro atoms. The van der Waals surface area contributed by atoms with Crippen LogP contribution < -0.4 is 9.47 Å². The lowest BCUT2D eigenvalue weighted by Gasteiger charge is -2.44. The summed E-state index contributed by atoms with van der Waals surface area (Å²) in [4.78, 5) is 1.40. The lowest BCUT2D eigenvalue weighted by Crippen LogP contribution is -2.42. The minimum absolute atomic E-state index is 0.172. The van der Waals surface area contributed by atoms with E-state index >= 15 is 0 Å². The quantitative estimate of drug-likeness (QED) is 0.807. The van der Waals surface area contributed by atoms with Gasteiger partial charge in [0.2, 0.25) is 0 Å². The van der Waals surface area contributed by atoms with Crippen LogP contribution in [0, 0.1) is 0 Å². The van der Waals surface area contributed by atoms with Crippen LogP contribution in [0.2, 0.25) is 0 Å². The summed E-state index contributed by atoms with van der Waals surface area (Å²) in [5.74, 6) is 3.00. The summed E-state index contributed by atoms with van der Waals surface area (Å²) in [6, 6.07) is 15.3. The van der Waals surface area contributed by atoms with Crippen LogP contribution in [0.1, 0.15) is 30.9 Å². The number of methoxy groups -OCH3 is 2. The third-order valence-corrected chi connectivity index (χ3v) is 7.12. The predicted octanol–water partition coefficient (Wildman–Crippen LogP) is 4.80. The van der Waals surface area contributed by atoms with Crippen molar-refractivity contribution in [1.29, 1.82) is 0 Å². The maximum Gasteiger partial charge on any atom is 0.119 e. The second kappa shape index (κ2) is 5.20. The molecule has 0 unspecified atom stereocenters. The van der Waals surface area contributed by atoms with Gasteiger partial charge in [-0.1, -0.05) is 25.1 Å². The van der Waals surface area contributed by atoms with Gasteiger partial charge in [-0.25, -0.2) is 0 Å². The van der Waals surface area contributed by atoms with E-state index in [9.17, 15) is 0 Å². The molecule has 0 saturated heterocycles. The predicted molar refractivity (Wildman–Crippen MR) is 95.0 cm³/mol. The van der Waals surface area contributed by atoms with Gasteiger partial charge in [-0.2, -0.15) is 0 Å². The smallest absolute Gasteiger partial charge is 0.119 e. The highest BCUT2D eigenvalue weighted by Gasteiger charge is 2.60. The fourth-order valence-corrected chi connectivity index (χ4v) is 5.57. The fourth-order valence-electron chi connectivity index (χ4n) is 4.07. The Balaban J connectivity index is 1.78. The standard InChI is InChI=1S/C20H22O2S/c1-19(14-4-6-15(21-2)7-5-14)13-23-18-12-16(22-3)8-9-17(18)20(19)10-11-20/h4-9,12H,10-11,13H2,1-3H3/t19-/m1/s1. The molecule has 1 fully saturated rings. The molecule has 1 saturated carbocycles. The Kier molecular flexibility index (Phi) is 3.38. The van der Waals surface area contributed by atoms with Gasteiger partial charge in [0.05, 0.1) is 14.2 Å². The molecule has 3 heteroatoms. The monoisotopic (exact) mass is 326 g/mol. The fraction of sp³-hybridized carbons (Fsp3) is 0.400. The summed E-state index contributed by atoms with van der Waals surface area (Å²) < 4.78 is 10.7. The molecule has 4 rings (SSSR count). The minimum atomic E-state index is 0.172. The van der Waals surface area contributed by atoms with Gasteiger partial charge >= 0.3 is 0 Å². The summed E-state index contributed by atoms with van der Waals surface area (Å²) in [5.41, 5.74) is 3.39. The van der Waals surface area contributed by atoms with Gasteiger partial charge in [0, 0.05) is 21.5 Å². The van der Waals surface area contributed by atoms with Crippen molar-refractivity contribution >= 4 is 11.8 Å². The lowest BCUT2D eigenvalue weighted by molar-refractivity contribution is 0.381. The van der Waals surface area contributed by atoms with Gasteiger partial charge in [0.25, 0.3) is 0 Å². The molecule has 1 aliphatic heterocycles. The van der Waals surface area contributed by atoms with E-state index in [1.165, 1.54) is 28.9 Å². The van der Waals surface area contributed by atoms with Crippen LogP contribution in [0.15, 0.2) is 47.4 Å². The lowest BCUT2D eigenvalue weighted by atomic mass is 9.67. The Morgan fingerprint density at radius 1 is 0.913 bits per heavy atom. The van der Waals surface area contributed by atoms with Crippen molar-refractivity contribution in [2.24, 2.45) is 0 Å². The van der Waals surface area contributed by atoms with Gasteiger partial charge in [0.1, 0.15) is 11.5 Å². The molecule has 2 aromatic rings. The molecule has 0 aromatic heterocycles. The summed E-state index contributed by atoms with van der Waals surface area (Å²) in [6.45, 7) is 2.43. The number of rotatable bonds is 3. The van der Waals surface area contributed by atoms with Crippen LogP contribution in [-0.4, -0.2) is 20.0 Å². The maximum absolute atomic E-state index is 5.40. The first-order valence-electron chi connectivity index (χ1n) is 8.09. The molecule has 0 radical (unpaired) electrons. The average Bonchev–Trinajstić information content (AvgIpc) is 3.40. The number of hydrogen-bond donors (Lipinski definition) is 0. The van der Waals surface area contributed by atoms with Crippen molar-refractivity contribution < 1.29 is 9.47 Å². The normalized spacial score (nSPS) is 24.1. The first kappa shape index (κ1) is 14.9. The van der Waals surface area contributed by atoms with Crippen molar-refractivity contribution in [1.82, 2.24) is 0 Å². The number of benzene rings is 2. The van der Waals surface area contributed by atoms with E-state index in [1.807, 2.05) is 11.8 Å². The van der Waals surface area contributed by atoms with Crippen LogP contribution in [0.5, 0.6) is 11.5 Å².